The molecule has 0 spiro atoms. The van der Waals surface area contributed by atoms with Gasteiger partial charge in [0.15, 0.2) is 0 Å². The van der Waals surface area contributed by atoms with Crippen molar-refractivity contribution in [3.8, 4) is 0 Å². The van der Waals surface area contributed by atoms with Gasteiger partial charge in [0, 0.05) is 0 Å². The maximum absolute atomic E-state index is 13.0. The van der Waals surface area contributed by atoms with E-state index in [1.54, 1.807) is 6.07 Å². The molecule has 0 atom stereocenters. The molecule has 0 aromatic heterocycles. The van der Waals surface area contributed by atoms with Crippen molar-refractivity contribution in [2.45, 2.75) is 19.3 Å². The lowest BCUT2D eigenvalue weighted by atomic mass is 10.1. The third-order valence-corrected chi connectivity index (χ3v) is 1.81. The quantitative estimate of drug-likeness (QED) is 0.473. The zero-order valence-corrected chi connectivity index (χ0v) is 7.09. The molecule has 0 heterocycles. The standard InChI is InChI=1S/C11H13F/c1-2-3-4-7-10-8-5-6-9-11(10)12/h2,5-6,8-9H,1,3-4,7H2. The van der Waals surface area contributed by atoms with Crippen molar-refractivity contribution in [1.82, 2.24) is 0 Å². The van der Waals surface area contributed by atoms with Crippen LogP contribution in [0.5, 0.6) is 0 Å². The zero-order valence-electron chi connectivity index (χ0n) is 7.09. The van der Waals surface area contributed by atoms with Gasteiger partial charge in [-0.1, -0.05) is 24.3 Å². The lowest BCUT2D eigenvalue weighted by Crippen LogP contribution is -1.88. The van der Waals surface area contributed by atoms with Crippen LogP contribution in [0.25, 0.3) is 0 Å². The van der Waals surface area contributed by atoms with Gasteiger partial charge in [-0.15, -0.1) is 6.58 Å². The van der Waals surface area contributed by atoms with Crippen LogP contribution in [0, 0.1) is 5.82 Å². The topological polar surface area (TPSA) is 0 Å². The Morgan fingerprint density at radius 2 is 2.08 bits per heavy atom. The minimum atomic E-state index is -0.0958. The van der Waals surface area contributed by atoms with Gasteiger partial charge in [-0.05, 0) is 30.9 Å². The first kappa shape index (κ1) is 8.98. The summed E-state index contributed by atoms with van der Waals surface area (Å²) < 4.78 is 13.0. The van der Waals surface area contributed by atoms with Crippen LogP contribution in [0.3, 0.4) is 0 Å². The van der Waals surface area contributed by atoms with E-state index in [1.807, 2.05) is 18.2 Å². The first-order valence-electron chi connectivity index (χ1n) is 4.19. The molecule has 0 fully saturated rings. The molecule has 1 aromatic rings. The van der Waals surface area contributed by atoms with E-state index >= 15 is 0 Å². The number of rotatable bonds is 4. The van der Waals surface area contributed by atoms with Gasteiger partial charge < -0.3 is 0 Å². The Labute approximate surface area is 72.7 Å². The molecule has 1 heteroatoms. The molecule has 0 saturated carbocycles. The SMILES string of the molecule is C=CCCCc1ccccc1F. The Morgan fingerprint density at radius 3 is 2.75 bits per heavy atom. The van der Waals surface area contributed by atoms with E-state index in [0.717, 1.165) is 24.8 Å². The lowest BCUT2D eigenvalue weighted by Gasteiger charge is -1.99. The first-order chi connectivity index (χ1) is 5.84. The normalized spacial score (nSPS) is 9.75. The van der Waals surface area contributed by atoms with Crippen molar-refractivity contribution >= 4 is 0 Å². The molecule has 0 radical (unpaired) electrons. The van der Waals surface area contributed by atoms with Crippen LogP contribution in [-0.2, 0) is 6.42 Å². The van der Waals surface area contributed by atoms with E-state index in [1.165, 1.54) is 6.07 Å². The summed E-state index contributed by atoms with van der Waals surface area (Å²) in [7, 11) is 0. The molecule has 0 unspecified atom stereocenters. The van der Waals surface area contributed by atoms with E-state index in [4.69, 9.17) is 0 Å². The summed E-state index contributed by atoms with van der Waals surface area (Å²) >= 11 is 0. The summed E-state index contributed by atoms with van der Waals surface area (Å²) in [6.45, 7) is 3.62. The van der Waals surface area contributed by atoms with Gasteiger partial charge in [0.25, 0.3) is 0 Å². The third-order valence-electron chi connectivity index (χ3n) is 1.81. The fourth-order valence-electron chi connectivity index (χ4n) is 1.14. The molecule has 1 aromatic carbocycles. The highest BCUT2D eigenvalue weighted by Gasteiger charge is 1.98. The van der Waals surface area contributed by atoms with E-state index < -0.39 is 0 Å². The summed E-state index contributed by atoms with van der Waals surface area (Å²) in [5, 5.41) is 0. The van der Waals surface area contributed by atoms with Gasteiger partial charge >= 0.3 is 0 Å². The molecule has 1 rings (SSSR count). The fourth-order valence-corrected chi connectivity index (χ4v) is 1.14. The van der Waals surface area contributed by atoms with Crippen molar-refractivity contribution in [3.05, 3.63) is 48.3 Å². The second-order valence-electron chi connectivity index (χ2n) is 2.77. The Morgan fingerprint density at radius 1 is 1.33 bits per heavy atom. The highest BCUT2D eigenvalue weighted by Crippen LogP contribution is 2.09. The van der Waals surface area contributed by atoms with E-state index in [-0.39, 0.29) is 5.82 Å². The average molecular weight is 164 g/mol. The molecule has 12 heavy (non-hydrogen) atoms. The first-order valence-corrected chi connectivity index (χ1v) is 4.19. The van der Waals surface area contributed by atoms with Gasteiger partial charge in [-0.2, -0.15) is 0 Å². The molecule has 64 valence electrons. The predicted molar refractivity (Wildman–Crippen MR) is 49.5 cm³/mol. The fraction of sp³-hybridized carbons (Fsp3) is 0.273. The van der Waals surface area contributed by atoms with Crippen LogP contribution < -0.4 is 0 Å². The Balaban J connectivity index is 2.51. The molecule has 0 bridgehead atoms. The third kappa shape index (κ3) is 2.50. The number of unbranched alkanes of at least 4 members (excludes halogenated alkanes) is 1. The van der Waals surface area contributed by atoms with Gasteiger partial charge in [0.2, 0.25) is 0 Å². The molecule has 0 aliphatic carbocycles. The number of hydrogen-bond acceptors (Lipinski definition) is 0. The second kappa shape index (κ2) is 4.70. The highest BCUT2D eigenvalue weighted by atomic mass is 19.1. The molecule has 0 aliphatic heterocycles. The van der Waals surface area contributed by atoms with Crippen LogP contribution in [0.15, 0.2) is 36.9 Å². The monoisotopic (exact) mass is 164 g/mol. The van der Waals surface area contributed by atoms with Crippen LogP contribution >= 0.6 is 0 Å². The van der Waals surface area contributed by atoms with Gasteiger partial charge in [-0.3, -0.25) is 0 Å². The molecular formula is C11H13F. The van der Waals surface area contributed by atoms with E-state index in [2.05, 4.69) is 6.58 Å². The van der Waals surface area contributed by atoms with Crippen molar-refractivity contribution in [2.24, 2.45) is 0 Å². The zero-order chi connectivity index (χ0) is 8.81. The van der Waals surface area contributed by atoms with Crippen molar-refractivity contribution < 1.29 is 4.39 Å². The number of benzene rings is 1. The van der Waals surface area contributed by atoms with Crippen molar-refractivity contribution in [1.29, 1.82) is 0 Å². The van der Waals surface area contributed by atoms with Crippen molar-refractivity contribution in [3.63, 3.8) is 0 Å². The lowest BCUT2D eigenvalue weighted by molar-refractivity contribution is 0.605. The molecular weight excluding hydrogens is 151 g/mol. The van der Waals surface area contributed by atoms with Crippen LogP contribution in [0.2, 0.25) is 0 Å². The largest absolute Gasteiger partial charge is 0.207 e. The summed E-state index contributed by atoms with van der Waals surface area (Å²) in [5.74, 6) is -0.0958. The van der Waals surface area contributed by atoms with Crippen LogP contribution in [0.1, 0.15) is 18.4 Å². The van der Waals surface area contributed by atoms with Crippen molar-refractivity contribution in [2.75, 3.05) is 0 Å². The van der Waals surface area contributed by atoms with Gasteiger partial charge in [0.05, 0.1) is 0 Å². The number of aryl methyl sites for hydroxylation is 1. The summed E-state index contributed by atoms with van der Waals surface area (Å²) in [5.41, 5.74) is 0.805. The summed E-state index contributed by atoms with van der Waals surface area (Å²) in [6, 6.07) is 6.92. The van der Waals surface area contributed by atoms with E-state index in [0.29, 0.717) is 0 Å². The second-order valence-corrected chi connectivity index (χ2v) is 2.77. The highest BCUT2D eigenvalue weighted by molar-refractivity contribution is 5.17. The Bertz CT molecular complexity index is 253. The number of halogens is 1. The minimum Gasteiger partial charge on any atom is -0.207 e. The van der Waals surface area contributed by atoms with E-state index in [9.17, 15) is 4.39 Å². The average Bonchev–Trinajstić information content (AvgIpc) is 2.09. The van der Waals surface area contributed by atoms with Gasteiger partial charge in [-0.25, -0.2) is 4.39 Å². The van der Waals surface area contributed by atoms with Crippen LogP contribution in [-0.4, -0.2) is 0 Å². The Hall–Kier alpha value is -1.11. The molecule has 0 nitrogen and oxygen atoms in total. The smallest absolute Gasteiger partial charge is 0.126 e. The Kier molecular flexibility index (Phi) is 3.52. The molecule has 0 N–H and O–H groups in total. The summed E-state index contributed by atoms with van der Waals surface area (Å²) in [4.78, 5) is 0. The number of allylic oxidation sites excluding steroid dienone is 1. The molecule has 0 amide bonds. The maximum Gasteiger partial charge on any atom is 0.126 e. The predicted octanol–water partition coefficient (Wildman–Crippen LogP) is 3.33. The van der Waals surface area contributed by atoms with Crippen LogP contribution in [0.4, 0.5) is 4.39 Å². The minimum absolute atomic E-state index is 0.0958. The molecule has 0 aliphatic rings. The van der Waals surface area contributed by atoms with Gasteiger partial charge in [0.1, 0.15) is 5.82 Å². The summed E-state index contributed by atoms with van der Waals surface area (Å²) in [6.07, 6.45) is 4.60. The molecule has 0 saturated heterocycles. The number of hydrogen-bond donors (Lipinski definition) is 0. The maximum atomic E-state index is 13.0.